The van der Waals surface area contributed by atoms with Crippen molar-refractivity contribution < 1.29 is 8.42 Å². The lowest BCUT2D eigenvalue weighted by Gasteiger charge is -2.13. The molecule has 0 fully saturated rings. The first-order chi connectivity index (χ1) is 12.5. The number of hydrogen-bond donors (Lipinski definition) is 0. The molecule has 0 radical (unpaired) electrons. The van der Waals surface area contributed by atoms with Gasteiger partial charge < -0.3 is 0 Å². The molecular formula is C22H19NO2S. The molecule has 0 bridgehead atoms. The molecule has 0 amide bonds. The summed E-state index contributed by atoms with van der Waals surface area (Å²) in [6.07, 6.45) is 0. The van der Waals surface area contributed by atoms with Crippen LogP contribution in [0.2, 0.25) is 0 Å². The quantitative estimate of drug-likeness (QED) is 0.505. The smallest absolute Gasteiger partial charge is 0.233 e. The van der Waals surface area contributed by atoms with Crippen molar-refractivity contribution in [2.75, 3.05) is 0 Å². The SMILES string of the molecule is Cc1ccc(S(=O)(=O)n2c(-c3cccc(C)c3)cc3ccccc32)cc1. The van der Waals surface area contributed by atoms with Crippen LogP contribution in [0.3, 0.4) is 0 Å². The van der Waals surface area contributed by atoms with Gasteiger partial charge in [0.15, 0.2) is 0 Å². The molecule has 0 spiro atoms. The van der Waals surface area contributed by atoms with Crippen molar-refractivity contribution in [2.24, 2.45) is 0 Å². The van der Waals surface area contributed by atoms with Crippen molar-refractivity contribution in [3.8, 4) is 11.3 Å². The number of aryl methyl sites for hydroxylation is 2. The number of rotatable bonds is 3. The summed E-state index contributed by atoms with van der Waals surface area (Å²) in [6, 6.07) is 24.4. The Kier molecular flexibility index (Phi) is 3.93. The van der Waals surface area contributed by atoms with Crippen molar-refractivity contribution in [3.63, 3.8) is 0 Å². The summed E-state index contributed by atoms with van der Waals surface area (Å²) in [5.74, 6) is 0. The minimum Gasteiger partial charge on any atom is -0.233 e. The first-order valence-electron chi connectivity index (χ1n) is 8.46. The summed E-state index contributed by atoms with van der Waals surface area (Å²) in [7, 11) is -3.71. The summed E-state index contributed by atoms with van der Waals surface area (Å²) in [6.45, 7) is 3.95. The molecular weight excluding hydrogens is 342 g/mol. The van der Waals surface area contributed by atoms with Gasteiger partial charge in [0.05, 0.1) is 16.1 Å². The van der Waals surface area contributed by atoms with E-state index < -0.39 is 10.0 Å². The van der Waals surface area contributed by atoms with Gasteiger partial charge in [-0.15, -0.1) is 0 Å². The highest BCUT2D eigenvalue weighted by molar-refractivity contribution is 7.90. The molecule has 3 nitrogen and oxygen atoms in total. The van der Waals surface area contributed by atoms with E-state index in [1.165, 1.54) is 3.97 Å². The fraction of sp³-hybridized carbons (Fsp3) is 0.0909. The fourth-order valence-corrected chi connectivity index (χ4v) is 4.74. The van der Waals surface area contributed by atoms with E-state index in [2.05, 4.69) is 0 Å². The maximum absolute atomic E-state index is 13.5. The number of para-hydroxylation sites is 1. The van der Waals surface area contributed by atoms with Gasteiger partial charge in [-0.3, -0.25) is 0 Å². The van der Waals surface area contributed by atoms with E-state index in [9.17, 15) is 8.42 Å². The molecule has 0 saturated carbocycles. The second kappa shape index (κ2) is 6.15. The molecule has 26 heavy (non-hydrogen) atoms. The van der Waals surface area contributed by atoms with Gasteiger partial charge in [0, 0.05) is 5.39 Å². The third-order valence-corrected chi connectivity index (χ3v) is 6.28. The Balaban J connectivity index is 2.05. The van der Waals surface area contributed by atoms with Gasteiger partial charge in [0.2, 0.25) is 0 Å². The molecule has 0 aliphatic heterocycles. The Morgan fingerprint density at radius 1 is 0.731 bits per heavy atom. The van der Waals surface area contributed by atoms with Crippen molar-refractivity contribution in [3.05, 3.63) is 90.0 Å². The van der Waals surface area contributed by atoms with Gasteiger partial charge in [-0.2, -0.15) is 0 Å². The summed E-state index contributed by atoms with van der Waals surface area (Å²) < 4.78 is 28.4. The molecule has 0 N–H and O–H groups in total. The Labute approximate surface area is 153 Å². The van der Waals surface area contributed by atoms with E-state index in [1.54, 1.807) is 12.1 Å². The van der Waals surface area contributed by atoms with Crippen LogP contribution in [0.15, 0.2) is 83.8 Å². The molecule has 0 unspecified atom stereocenters. The standard InChI is InChI=1S/C22H19NO2S/c1-16-10-12-20(13-11-16)26(24,25)23-21-9-4-3-7-19(21)15-22(23)18-8-5-6-17(2)14-18/h3-15H,1-2H3. The van der Waals surface area contributed by atoms with Crippen molar-refractivity contribution in [1.82, 2.24) is 3.97 Å². The zero-order chi connectivity index (χ0) is 18.3. The summed E-state index contributed by atoms with van der Waals surface area (Å²) in [5.41, 5.74) is 4.37. The van der Waals surface area contributed by atoms with Crippen LogP contribution in [-0.2, 0) is 10.0 Å². The minimum atomic E-state index is -3.71. The lowest BCUT2D eigenvalue weighted by atomic mass is 10.1. The molecule has 3 aromatic carbocycles. The summed E-state index contributed by atoms with van der Waals surface area (Å²) in [4.78, 5) is 0.290. The highest BCUT2D eigenvalue weighted by Gasteiger charge is 2.23. The molecule has 4 aromatic rings. The lowest BCUT2D eigenvalue weighted by molar-refractivity contribution is 0.589. The number of aromatic nitrogens is 1. The van der Waals surface area contributed by atoms with Crippen LogP contribution < -0.4 is 0 Å². The van der Waals surface area contributed by atoms with E-state index in [-0.39, 0.29) is 0 Å². The number of benzene rings is 3. The molecule has 1 heterocycles. The van der Waals surface area contributed by atoms with E-state index in [4.69, 9.17) is 0 Å². The Hall–Kier alpha value is -2.85. The minimum absolute atomic E-state index is 0.290. The number of fused-ring (bicyclic) bond motifs is 1. The van der Waals surface area contributed by atoms with E-state index in [1.807, 2.05) is 80.6 Å². The maximum atomic E-state index is 13.5. The predicted octanol–water partition coefficient (Wildman–Crippen LogP) is 5.16. The average Bonchev–Trinajstić information content (AvgIpc) is 3.02. The second-order valence-electron chi connectivity index (χ2n) is 6.54. The molecule has 0 aliphatic carbocycles. The van der Waals surface area contributed by atoms with E-state index in [0.29, 0.717) is 16.1 Å². The van der Waals surface area contributed by atoms with E-state index in [0.717, 1.165) is 22.1 Å². The summed E-state index contributed by atoms with van der Waals surface area (Å²) >= 11 is 0. The lowest BCUT2D eigenvalue weighted by Crippen LogP contribution is -2.14. The molecule has 0 aliphatic rings. The third kappa shape index (κ3) is 2.72. The highest BCUT2D eigenvalue weighted by Crippen LogP contribution is 2.32. The Bertz CT molecular complexity index is 1200. The molecule has 0 atom stereocenters. The van der Waals surface area contributed by atoms with Crippen molar-refractivity contribution in [2.45, 2.75) is 18.7 Å². The molecule has 130 valence electrons. The van der Waals surface area contributed by atoms with Crippen LogP contribution in [0, 0.1) is 13.8 Å². The zero-order valence-corrected chi connectivity index (χ0v) is 15.5. The highest BCUT2D eigenvalue weighted by atomic mass is 32.2. The van der Waals surface area contributed by atoms with Crippen LogP contribution in [0.5, 0.6) is 0 Å². The number of hydrogen-bond acceptors (Lipinski definition) is 2. The van der Waals surface area contributed by atoms with Crippen molar-refractivity contribution in [1.29, 1.82) is 0 Å². The van der Waals surface area contributed by atoms with Gasteiger partial charge >= 0.3 is 0 Å². The van der Waals surface area contributed by atoms with Crippen molar-refractivity contribution >= 4 is 20.9 Å². The van der Waals surface area contributed by atoms with E-state index >= 15 is 0 Å². The Morgan fingerprint density at radius 2 is 1.46 bits per heavy atom. The predicted molar refractivity (Wildman–Crippen MR) is 106 cm³/mol. The molecule has 0 saturated heterocycles. The van der Waals surface area contributed by atoms with Gasteiger partial charge in [-0.05, 0) is 49.7 Å². The monoisotopic (exact) mass is 361 g/mol. The molecule has 4 rings (SSSR count). The van der Waals surface area contributed by atoms with Gasteiger partial charge in [0.1, 0.15) is 0 Å². The fourth-order valence-electron chi connectivity index (χ4n) is 3.21. The van der Waals surface area contributed by atoms with Gasteiger partial charge in [0.25, 0.3) is 10.0 Å². The molecule has 1 aromatic heterocycles. The average molecular weight is 361 g/mol. The van der Waals surface area contributed by atoms with Gasteiger partial charge in [-0.25, -0.2) is 12.4 Å². The largest absolute Gasteiger partial charge is 0.268 e. The van der Waals surface area contributed by atoms with Crippen LogP contribution in [0.25, 0.3) is 22.2 Å². The second-order valence-corrected chi connectivity index (χ2v) is 8.33. The van der Waals surface area contributed by atoms with Gasteiger partial charge in [-0.1, -0.05) is 59.7 Å². The maximum Gasteiger partial charge on any atom is 0.268 e. The van der Waals surface area contributed by atoms with Crippen LogP contribution in [0.1, 0.15) is 11.1 Å². The first-order valence-corrected chi connectivity index (χ1v) is 9.90. The topological polar surface area (TPSA) is 39.1 Å². The normalized spacial score (nSPS) is 11.8. The van der Waals surface area contributed by atoms with Crippen LogP contribution >= 0.6 is 0 Å². The zero-order valence-electron chi connectivity index (χ0n) is 14.7. The first kappa shape index (κ1) is 16.6. The van der Waals surface area contributed by atoms with Crippen LogP contribution in [-0.4, -0.2) is 12.4 Å². The number of nitrogens with zero attached hydrogens (tertiary/aromatic N) is 1. The Morgan fingerprint density at radius 3 is 2.19 bits per heavy atom. The summed E-state index contributed by atoms with van der Waals surface area (Å²) in [5, 5.41) is 0.902. The molecule has 4 heteroatoms. The van der Waals surface area contributed by atoms with Crippen LogP contribution in [0.4, 0.5) is 0 Å². The third-order valence-electron chi connectivity index (χ3n) is 4.54.